The molecule has 20 heavy (non-hydrogen) atoms. The van der Waals surface area contributed by atoms with Crippen LogP contribution in [-0.2, 0) is 0 Å². The third kappa shape index (κ3) is 3.06. The van der Waals surface area contributed by atoms with Gasteiger partial charge in [0, 0.05) is 19.3 Å². The molecule has 0 spiro atoms. The van der Waals surface area contributed by atoms with Gasteiger partial charge in [-0.25, -0.2) is 4.98 Å². The van der Waals surface area contributed by atoms with Crippen molar-refractivity contribution in [1.82, 2.24) is 10.3 Å². The van der Waals surface area contributed by atoms with Gasteiger partial charge in [-0.1, -0.05) is 31.9 Å². The average molecular weight is 296 g/mol. The summed E-state index contributed by atoms with van der Waals surface area (Å²) >= 11 is 6.06. The number of hydrogen-bond donors (Lipinski definition) is 2. The summed E-state index contributed by atoms with van der Waals surface area (Å²) in [7, 11) is 1.75. The largest absolute Gasteiger partial charge is 0.372 e. The van der Waals surface area contributed by atoms with Crippen LogP contribution in [0.4, 0.5) is 5.82 Å². The number of aromatic nitrogens is 1. The van der Waals surface area contributed by atoms with Gasteiger partial charge in [-0.2, -0.15) is 0 Å². The number of halogens is 1. The normalized spacial score (nSPS) is 25.5. The Balaban J connectivity index is 2.04. The SMILES string of the molecule is CCC1CCC(NC(=O)c2cnc(NC)c(Cl)c2)C1C. The predicted molar refractivity (Wildman–Crippen MR) is 82.2 cm³/mol. The number of pyridine rings is 1. The summed E-state index contributed by atoms with van der Waals surface area (Å²) < 4.78 is 0. The second-order valence-corrected chi connectivity index (χ2v) is 5.90. The Morgan fingerprint density at radius 2 is 2.25 bits per heavy atom. The van der Waals surface area contributed by atoms with Gasteiger partial charge >= 0.3 is 0 Å². The van der Waals surface area contributed by atoms with Crippen LogP contribution in [0.3, 0.4) is 0 Å². The summed E-state index contributed by atoms with van der Waals surface area (Å²) in [6.45, 7) is 4.44. The molecule has 4 nitrogen and oxygen atoms in total. The van der Waals surface area contributed by atoms with Gasteiger partial charge in [0.2, 0.25) is 0 Å². The lowest BCUT2D eigenvalue weighted by Crippen LogP contribution is -2.37. The maximum atomic E-state index is 12.3. The minimum Gasteiger partial charge on any atom is -0.372 e. The number of carbonyl (C=O) groups is 1. The van der Waals surface area contributed by atoms with Crippen molar-refractivity contribution in [2.45, 2.75) is 39.2 Å². The molecule has 1 aromatic heterocycles. The number of nitrogens with zero attached hydrogens (tertiary/aromatic N) is 1. The van der Waals surface area contributed by atoms with Gasteiger partial charge in [-0.15, -0.1) is 0 Å². The highest BCUT2D eigenvalue weighted by Gasteiger charge is 2.32. The number of amides is 1. The van der Waals surface area contributed by atoms with Crippen LogP contribution >= 0.6 is 11.6 Å². The number of nitrogens with one attached hydrogen (secondary N) is 2. The molecule has 3 atom stereocenters. The van der Waals surface area contributed by atoms with Crippen molar-refractivity contribution in [2.24, 2.45) is 11.8 Å². The molecule has 0 aliphatic heterocycles. The maximum Gasteiger partial charge on any atom is 0.253 e. The van der Waals surface area contributed by atoms with E-state index in [1.807, 2.05) is 0 Å². The number of hydrogen-bond acceptors (Lipinski definition) is 3. The van der Waals surface area contributed by atoms with Gasteiger partial charge in [0.15, 0.2) is 0 Å². The zero-order chi connectivity index (χ0) is 14.7. The van der Waals surface area contributed by atoms with E-state index in [9.17, 15) is 4.79 Å². The Bertz CT molecular complexity index is 492. The fourth-order valence-corrected chi connectivity index (χ4v) is 3.29. The number of anilines is 1. The highest BCUT2D eigenvalue weighted by Crippen LogP contribution is 2.34. The predicted octanol–water partition coefficient (Wildman–Crippen LogP) is 3.33. The lowest BCUT2D eigenvalue weighted by Gasteiger charge is -2.21. The lowest BCUT2D eigenvalue weighted by atomic mass is 9.93. The Hall–Kier alpha value is -1.29. The van der Waals surface area contributed by atoms with E-state index < -0.39 is 0 Å². The molecule has 1 heterocycles. The third-order valence-electron chi connectivity index (χ3n) is 4.41. The molecule has 110 valence electrons. The first-order valence-corrected chi connectivity index (χ1v) is 7.58. The second kappa shape index (κ2) is 6.44. The van der Waals surface area contributed by atoms with Gasteiger partial charge in [-0.3, -0.25) is 4.79 Å². The third-order valence-corrected chi connectivity index (χ3v) is 4.70. The van der Waals surface area contributed by atoms with Crippen molar-refractivity contribution in [1.29, 1.82) is 0 Å². The minimum atomic E-state index is -0.0874. The Kier molecular flexibility index (Phi) is 4.86. The molecular formula is C15H22ClN3O. The molecule has 1 aliphatic rings. The van der Waals surface area contributed by atoms with Crippen LogP contribution in [0.2, 0.25) is 5.02 Å². The molecule has 0 aromatic carbocycles. The number of carbonyl (C=O) groups excluding carboxylic acids is 1. The first-order chi connectivity index (χ1) is 9.56. The summed E-state index contributed by atoms with van der Waals surface area (Å²) in [5.74, 6) is 1.75. The monoisotopic (exact) mass is 295 g/mol. The van der Waals surface area contributed by atoms with Gasteiger partial charge < -0.3 is 10.6 Å². The van der Waals surface area contributed by atoms with Crippen molar-refractivity contribution in [3.63, 3.8) is 0 Å². The van der Waals surface area contributed by atoms with Gasteiger partial charge in [0.05, 0.1) is 10.6 Å². The molecular weight excluding hydrogens is 274 g/mol. The summed E-state index contributed by atoms with van der Waals surface area (Å²) in [5.41, 5.74) is 0.515. The minimum absolute atomic E-state index is 0.0874. The summed E-state index contributed by atoms with van der Waals surface area (Å²) in [5, 5.41) is 6.46. The van der Waals surface area contributed by atoms with E-state index in [-0.39, 0.29) is 11.9 Å². The standard InChI is InChI=1S/C15H22ClN3O/c1-4-10-5-6-13(9(10)2)19-15(20)11-7-12(16)14(17-3)18-8-11/h7-10,13H,4-6H2,1-3H3,(H,17,18)(H,19,20). The maximum absolute atomic E-state index is 12.3. The summed E-state index contributed by atoms with van der Waals surface area (Å²) in [6, 6.07) is 1.92. The molecule has 3 unspecified atom stereocenters. The zero-order valence-electron chi connectivity index (χ0n) is 12.2. The Morgan fingerprint density at radius 1 is 1.50 bits per heavy atom. The molecule has 1 saturated carbocycles. The van der Waals surface area contributed by atoms with Crippen molar-refractivity contribution in [2.75, 3.05) is 12.4 Å². The molecule has 1 fully saturated rings. The van der Waals surface area contributed by atoms with E-state index in [1.165, 1.54) is 12.8 Å². The van der Waals surface area contributed by atoms with Crippen LogP contribution in [0.25, 0.3) is 0 Å². The molecule has 1 aromatic rings. The van der Waals surface area contributed by atoms with E-state index >= 15 is 0 Å². The smallest absolute Gasteiger partial charge is 0.253 e. The van der Waals surface area contributed by atoms with Gasteiger partial charge in [0.1, 0.15) is 5.82 Å². The van der Waals surface area contributed by atoms with Crippen molar-refractivity contribution >= 4 is 23.3 Å². The first-order valence-electron chi connectivity index (χ1n) is 7.21. The van der Waals surface area contributed by atoms with E-state index in [1.54, 1.807) is 19.3 Å². The fourth-order valence-electron chi connectivity index (χ4n) is 3.03. The van der Waals surface area contributed by atoms with Crippen molar-refractivity contribution < 1.29 is 4.79 Å². The molecule has 0 bridgehead atoms. The molecule has 2 rings (SSSR count). The Morgan fingerprint density at radius 3 is 2.80 bits per heavy atom. The highest BCUT2D eigenvalue weighted by molar-refractivity contribution is 6.33. The summed E-state index contributed by atoms with van der Waals surface area (Å²) in [4.78, 5) is 16.4. The van der Waals surface area contributed by atoms with E-state index in [0.29, 0.717) is 28.2 Å². The van der Waals surface area contributed by atoms with Crippen LogP contribution in [0.5, 0.6) is 0 Å². The van der Waals surface area contributed by atoms with Crippen LogP contribution in [0.1, 0.15) is 43.5 Å². The molecule has 0 radical (unpaired) electrons. The van der Waals surface area contributed by atoms with E-state index in [4.69, 9.17) is 11.6 Å². The molecule has 1 aliphatic carbocycles. The second-order valence-electron chi connectivity index (χ2n) is 5.49. The van der Waals surface area contributed by atoms with Crippen LogP contribution in [0, 0.1) is 11.8 Å². The Labute approximate surface area is 125 Å². The molecule has 0 saturated heterocycles. The lowest BCUT2D eigenvalue weighted by molar-refractivity contribution is 0.0926. The van der Waals surface area contributed by atoms with Crippen molar-refractivity contribution in [3.8, 4) is 0 Å². The van der Waals surface area contributed by atoms with Gasteiger partial charge in [-0.05, 0) is 30.7 Å². The topological polar surface area (TPSA) is 54.0 Å². The van der Waals surface area contributed by atoms with Crippen LogP contribution in [0.15, 0.2) is 12.3 Å². The van der Waals surface area contributed by atoms with E-state index in [2.05, 4.69) is 29.5 Å². The fraction of sp³-hybridized carbons (Fsp3) is 0.600. The average Bonchev–Trinajstić information content (AvgIpc) is 2.79. The van der Waals surface area contributed by atoms with Crippen LogP contribution in [-0.4, -0.2) is 24.0 Å². The van der Waals surface area contributed by atoms with Gasteiger partial charge in [0.25, 0.3) is 5.91 Å². The zero-order valence-corrected chi connectivity index (χ0v) is 13.0. The van der Waals surface area contributed by atoms with E-state index in [0.717, 1.165) is 6.42 Å². The molecule has 1 amide bonds. The van der Waals surface area contributed by atoms with Crippen LogP contribution < -0.4 is 10.6 Å². The summed E-state index contributed by atoms with van der Waals surface area (Å²) in [6.07, 6.45) is 4.99. The number of rotatable bonds is 4. The first kappa shape index (κ1) is 15.1. The molecule has 2 N–H and O–H groups in total. The van der Waals surface area contributed by atoms with Crippen molar-refractivity contribution in [3.05, 3.63) is 22.8 Å². The quantitative estimate of drug-likeness (QED) is 0.896. The molecule has 5 heteroatoms. The highest BCUT2D eigenvalue weighted by atomic mass is 35.5.